The van der Waals surface area contributed by atoms with Crippen LogP contribution in [-0.4, -0.2) is 19.1 Å². The maximum atomic E-state index is 13.5. The van der Waals surface area contributed by atoms with Gasteiger partial charge in [0, 0.05) is 6.54 Å². The lowest BCUT2D eigenvalue weighted by Gasteiger charge is -2.11. The second-order valence-electron chi connectivity index (χ2n) is 3.31. The predicted molar refractivity (Wildman–Crippen MR) is 61.1 cm³/mol. The highest BCUT2D eigenvalue weighted by Crippen LogP contribution is 2.20. The number of carbonyl (C=O) groups excluding carboxylic acids is 1. The Morgan fingerprint density at radius 1 is 1.44 bits per heavy atom. The summed E-state index contributed by atoms with van der Waals surface area (Å²) in [7, 11) is 0. The van der Waals surface area contributed by atoms with Crippen molar-refractivity contribution in [2.75, 3.05) is 18.5 Å². The summed E-state index contributed by atoms with van der Waals surface area (Å²) in [4.78, 5) is 11.6. The second-order valence-corrected chi connectivity index (χ2v) is 3.31. The first-order valence-corrected chi connectivity index (χ1v) is 5.40. The van der Waals surface area contributed by atoms with Gasteiger partial charge in [-0.1, -0.05) is 13.0 Å². The van der Waals surface area contributed by atoms with E-state index in [1.807, 2.05) is 6.92 Å². The highest BCUT2D eigenvalue weighted by atomic mass is 19.1. The van der Waals surface area contributed by atoms with Gasteiger partial charge in [0.2, 0.25) is 0 Å². The number of carbonyl (C=O) groups is 1. The quantitative estimate of drug-likeness (QED) is 0.783. The predicted octanol–water partition coefficient (Wildman–Crippen LogP) is 2.82. The zero-order valence-corrected chi connectivity index (χ0v) is 9.55. The Hall–Kier alpha value is -1.58. The molecule has 16 heavy (non-hydrogen) atoms. The van der Waals surface area contributed by atoms with Crippen molar-refractivity contribution in [1.82, 2.24) is 0 Å². The van der Waals surface area contributed by atoms with E-state index in [0.29, 0.717) is 6.54 Å². The zero-order chi connectivity index (χ0) is 12.0. The van der Waals surface area contributed by atoms with Gasteiger partial charge >= 0.3 is 5.97 Å². The summed E-state index contributed by atoms with van der Waals surface area (Å²) < 4.78 is 18.4. The van der Waals surface area contributed by atoms with E-state index >= 15 is 0 Å². The fraction of sp³-hybridized carbons (Fsp3) is 0.417. The number of halogens is 1. The highest BCUT2D eigenvalue weighted by Gasteiger charge is 2.15. The normalized spacial score (nSPS) is 9.94. The number of hydrogen-bond donors (Lipinski definition) is 1. The fourth-order valence-electron chi connectivity index (χ4n) is 1.33. The molecule has 1 aromatic rings. The van der Waals surface area contributed by atoms with E-state index < -0.39 is 11.8 Å². The molecule has 0 heterocycles. The average molecular weight is 225 g/mol. The maximum absolute atomic E-state index is 13.5. The molecule has 0 fully saturated rings. The summed E-state index contributed by atoms with van der Waals surface area (Å²) in [6.07, 6.45) is 0.858. The van der Waals surface area contributed by atoms with Crippen LogP contribution < -0.4 is 5.32 Å². The first-order chi connectivity index (χ1) is 7.70. The molecule has 0 aliphatic rings. The summed E-state index contributed by atoms with van der Waals surface area (Å²) in [6.45, 7) is 4.59. The van der Waals surface area contributed by atoms with Crippen LogP contribution >= 0.6 is 0 Å². The SMILES string of the molecule is CCCNc1c(F)cccc1C(=O)OCC. The standard InChI is InChI=1S/C12H16FNO2/c1-3-8-14-11-9(12(15)16-4-2)6-5-7-10(11)13/h5-7,14H,3-4,8H2,1-2H3. The number of nitrogens with one attached hydrogen (secondary N) is 1. The Bertz CT molecular complexity index is 366. The number of hydrogen-bond acceptors (Lipinski definition) is 3. The fourth-order valence-corrected chi connectivity index (χ4v) is 1.33. The maximum Gasteiger partial charge on any atom is 0.340 e. The van der Waals surface area contributed by atoms with E-state index in [4.69, 9.17) is 4.74 Å². The van der Waals surface area contributed by atoms with E-state index in [2.05, 4.69) is 5.32 Å². The molecule has 1 N–H and O–H groups in total. The largest absolute Gasteiger partial charge is 0.462 e. The number of benzene rings is 1. The van der Waals surface area contributed by atoms with Gasteiger partial charge in [0.1, 0.15) is 5.82 Å². The van der Waals surface area contributed by atoms with Crippen molar-refractivity contribution in [2.45, 2.75) is 20.3 Å². The van der Waals surface area contributed by atoms with E-state index in [9.17, 15) is 9.18 Å². The lowest BCUT2D eigenvalue weighted by atomic mass is 10.1. The van der Waals surface area contributed by atoms with Crippen molar-refractivity contribution >= 4 is 11.7 Å². The number of esters is 1. The summed E-state index contributed by atoms with van der Waals surface area (Å²) in [6, 6.07) is 4.37. The Morgan fingerprint density at radius 2 is 2.19 bits per heavy atom. The molecule has 0 radical (unpaired) electrons. The Labute approximate surface area is 94.6 Å². The molecule has 0 aromatic heterocycles. The lowest BCUT2D eigenvalue weighted by Crippen LogP contribution is -2.11. The molecule has 0 spiro atoms. The summed E-state index contributed by atoms with van der Waals surface area (Å²) in [5.74, 6) is -0.931. The van der Waals surface area contributed by atoms with Crippen LogP contribution in [0.2, 0.25) is 0 Å². The molecular formula is C12H16FNO2. The molecule has 0 atom stereocenters. The van der Waals surface area contributed by atoms with Crippen LogP contribution in [0.4, 0.5) is 10.1 Å². The van der Waals surface area contributed by atoms with Crippen LogP contribution in [0.3, 0.4) is 0 Å². The average Bonchev–Trinajstić information content (AvgIpc) is 2.27. The number of ether oxygens (including phenoxy) is 1. The van der Waals surface area contributed by atoms with Gasteiger partial charge < -0.3 is 10.1 Å². The molecule has 88 valence electrons. The Balaban J connectivity index is 2.97. The van der Waals surface area contributed by atoms with Crippen molar-refractivity contribution in [3.05, 3.63) is 29.6 Å². The van der Waals surface area contributed by atoms with Crippen LogP contribution in [-0.2, 0) is 4.74 Å². The first kappa shape index (κ1) is 12.5. The van der Waals surface area contributed by atoms with Gasteiger partial charge in [0.25, 0.3) is 0 Å². The first-order valence-electron chi connectivity index (χ1n) is 5.40. The molecule has 0 unspecified atom stereocenters. The minimum absolute atomic E-state index is 0.225. The zero-order valence-electron chi connectivity index (χ0n) is 9.55. The third-order valence-corrected chi connectivity index (χ3v) is 2.06. The molecule has 0 saturated heterocycles. The molecule has 4 heteroatoms. The topological polar surface area (TPSA) is 38.3 Å². The summed E-state index contributed by atoms with van der Waals surface area (Å²) in [5, 5.41) is 2.89. The molecule has 1 rings (SSSR count). The van der Waals surface area contributed by atoms with Crippen molar-refractivity contribution in [1.29, 1.82) is 0 Å². The molecule has 1 aromatic carbocycles. The van der Waals surface area contributed by atoms with Gasteiger partial charge in [-0.05, 0) is 25.5 Å². The van der Waals surface area contributed by atoms with Crippen molar-refractivity contribution in [3.8, 4) is 0 Å². The lowest BCUT2D eigenvalue weighted by molar-refractivity contribution is 0.0527. The van der Waals surface area contributed by atoms with Crippen molar-refractivity contribution in [2.24, 2.45) is 0 Å². The number of anilines is 1. The molecule has 3 nitrogen and oxygen atoms in total. The molecule has 0 aliphatic heterocycles. The monoisotopic (exact) mass is 225 g/mol. The molecule has 0 aliphatic carbocycles. The van der Waals surface area contributed by atoms with E-state index in [1.54, 1.807) is 13.0 Å². The third kappa shape index (κ3) is 2.95. The van der Waals surface area contributed by atoms with E-state index in [-0.39, 0.29) is 17.9 Å². The summed E-state index contributed by atoms with van der Waals surface area (Å²) >= 11 is 0. The van der Waals surface area contributed by atoms with Crippen molar-refractivity contribution < 1.29 is 13.9 Å². The van der Waals surface area contributed by atoms with Gasteiger partial charge in [0.05, 0.1) is 17.9 Å². The molecule has 0 amide bonds. The Kier molecular flexibility index (Phi) is 4.76. The van der Waals surface area contributed by atoms with Crippen LogP contribution in [0.5, 0.6) is 0 Å². The minimum atomic E-state index is -0.499. The second kappa shape index (κ2) is 6.10. The molecular weight excluding hydrogens is 209 g/mol. The Morgan fingerprint density at radius 3 is 2.81 bits per heavy atom. The number of para-hydroxylation sites is 1. The van der Waals surface area contributed by atoms with Crippen LogP contribution in [0.15, 0.2) is 18.2 Å². The third-order valence-electron chi connectivity index (χ3n) is 2.06. The van der Waals surface area contributed by atoms with Crippen molar-refractivity contribution in [3.63, 3.8) is 0 Å². The van der Waals surface area contributed by atoms with Gasteiger partial charge in [-0.25, -0.2) is 9.18 Å². The van der Waals surface area contributed by atoms with Gasteiger partial charge in [-0.15, -0.1) is 0 Å². The van der Waals surface area contributed by atoms with E-state index in [1.165, 1.54) is 12.1 Å². The molecule has 0 bridgehead atoms. The minimum Gasteiger partial charge on any atom is -0.462 e. The summed E-state index contributed by atoms with van der Waals surface area (Å²) in [5.41, 5.74) is 0.470. The van der Waals surface area contributed by atoms with Gasteiger partial charge in [-0.2, -0.15) is 0 Å². The highest BCUT2D eigenvalue weighted by molar-refractivity contribution is 5.95. The molecule has 0 saturated carbocycles. The number of rotatable bonds is 5. The van der Waals surface area contributed by atoms with E-state index in [0.717, 1.165) is 6.42 Å². The van der Waals surface area contributed by atoms with Gasteiger partial charge in [-0.3, -0.25) is 0 Å². The smallest absolute Gasteiger partial charge is 0.340 e. The van der Waals surface area contributed by atoms with Gasteiger partial charge in [0.15, 0.2) is 0 Å². The van der Waals surface area contributed by atoms with Crippen LogP contribution in [0.25, 0.3) is 0 Å². The van der Waals surface area contributed by atoms with Crippen LogP contribution in [0.1, 0.15) is 30.6 Å². The van der Waals surface area contributed by atoms with Crippen LogP contribution in [0, 0.1) is 5.82 Å².